The Hall–Kier alpha value is -1.53. The minimum atomic E-state index is -0.390. The Labute approximate surface area is 121 Å². The zero-order chi connectivity index (χ0) is 14.6. The van der Waals surface area contributed by atoms with Crippen molar-refractivity contribution < 1.29 is 4.74 Å². The number of nitrogens with one attached hydrogen (secondary N) is 1. The number of aryl methyl sites for hydroxylation is 1. The highest BCUT2D eigenvalue weighted by molar-refractivity contribution is 5.38. The quantitative estimate of drug-likeness (QED) is 0.892. The van der Waals surface area contributed by atoms with Crippen LogP contribution in [0.2, 0.25) is 0 Å². The van der Waals surface area contributed by atoms with E-state index in [4.69, 9.17) is 4.74 Å². The summed E-state index contributed by atoms with van der Waals surface area (Å²) in [6, 6.07) is 8.61. The van der Waals surface area contributed by atoms with Crippen molar-refractivity contribution in [3.8, 4) is 11.8 Å². The van der Waals surface area contributed by atoms with E-state index in [-0.39, 0.29) is 6.10 Å². The average Bonchev–Trinajstić information content (AvgIpc) is 2.86. The van der Waals surface area contributed by atoms with Gasteiger partial charge in [0.1, 0.15) is 17.4 Å². The van der Waals surface area contributed by atoms with Gasteiger partial charge in [0.05, 0.1) is 6.07 Å². The van der Waals surface area contributed by atoms with Crippen molar-refractivity contribution >= 4 is 0 Å². The minimum absolute atomic E-state index is 0.138. The number of ether oxygens (including phenoxy) is 1. The van der Waals surface area contributed by atoms with Crippen LogP contribution in [0.1, 0.15) is 43.7 Å². The van der Waals surface area contributed by atoms with E-state index in [2.05, 4.69) is 38.2 Å². The maximum Gasteiger partial charge on any atom is 0.122 e. The molecule has 0 saturated heterocycles. The van der Waals surface area contributed by atoms with Crippen LogP contribution in [0.25, 0.3) is 0 Å². The Morgan fingerprint density at radius 3 is 2.95 bits per heavy atom. The molecule has 1 saturated carbocycles. The monoisotopic (exact) mass is 272 g/mol. The molecule has 1 fully saturated rings. The van der Waals surface area contributed by atoms with Gasteiger partial charge in [-0.1, -0.05) is 19.1 Å². The summed E-state index contributed by atoms with van der Waals surface area (Å²) in [7, 11) is 0. The molecule has 0 heterocycles. The fourth-order valence-electron chi connectivity index (χ4n) is 2.80. The molecular formula is C17H24N2O. The van der Waals surface area contributed by atoms with Crippen molar-refractivity contribution in [3.05, 3.63) is 29.3 Å². The molecule has 1 N–H and O–H groups in total. The van der Waals surface area contributed by atoms with Crippen molar-refractivity contribution in [3.63, 3.8) is 0 Å². The van der Waals surface area contributed by atoms with Crippen molar-refractivity contribution in [1.29, 1.82) is 5.26 Å². The van der Waals surface area contributed by atoms with Crippen LogP contribution >= 0.6 is 0 Å². The van der Waals surface area contributed by atoms with E-state index in [1.165, 1.54) is 11.1 Å². The van der Waals surface area contributed by atoms with Crippen molar-refractivity contribution in [2.75, 3.05) is 6.54 Å². The Balaban J connectivity index is 2.03. The molecule has 1 aromatic rings. The largest absolute Gasteiger partial charge is 0.490 e. The summed E-state index contributed by atoms with van der Waals surface area (Å²) in [4.78, 5) is 0. The van der Waals surface area contributed by atoms with Gasteiger partial charge in [0.15, 0.2) is 0 Å². The fourth-order valence-corrected chi connectivity index (χ4v) is 2.80. The van der Waals surface area contributed by atoms with Gasteiger partial charge < -0.3 is 4.74 Å². The van der Waals surface area contributed by atoms with E-state index < -0.39 is 5.54 Å². The highest BCUT2D eigenvalue weighted by Crippen LogP contribution is 2.33. The van der Waals surface area contributed by atoms with Gasteiger partial charge in [0.25, 0.3) is 0 Å². The molecule has 0 aromatic heterocycles. The highest BCUT2D eigenvalue weighted by atomic mass is 16.5. The summed E-state index contributed by atoms with van der Waals surface area (Å²) >= 11 is 0. The molecule has 0 amide bonds. The first-order valence-corrected chi connectivity index (χ1v) is 7.49. The number of hydrogen-bond donors (Lipinski definition) is 1. The Kier molecular flexibility index (Phi) is 4.67. The zero-order valence-corrected chi connectivity index (χ0v) is 12.7. The molecule has 0 aliphatic heterocycles. The molecule has 2 unspecified atom stereocenters. The number of hydrogen-bond acceptors (Lipinski definition) is 3. The van der Waals surface area contributed by atoms with E-state index >= 15 is 0 Å². The van der Waals surface area contributed by atoms with Crippen LogP contribution in [0.3, 0.4) is 0 Å². The van der Waals surface area contributed by atoms with Crippen LogP contribution in [0, 0.1) is 25.2 Å². The average molecular weight is 272 g/mol. The van der Waals surface area contributed by atoms with Gasteiger partial charge in [-0.2, -0.15) is 5.26 Å². The standard InChI is InChI=1S/C17H24N2O/c1-4-10-19-17(12-18)9-8-15(11-17)20-16-7-5-6-13(2)14(16)3/h5-7,15,19H,4,8-11H2,1-3H3. The van der Waals surface area contributed by atoms with Crippen LogP contribution in [0.15, 0.2) is 18.2 Å². The lowest BCUT2D eigenvalue weighted by molar-refractivity contribution is 0.199. The van der Waals surface area contributed by atoms with E-state index in [1.807, 2.05) is 12.1 Å². The number of nitriles is 1. The zero-order valence-electron chi connectivity index (χ0n) is 12.7. The number of benzene rings is 1. The Morgan fingerprint density at radius 1 is 1.45 bits per heavy atom. The molecule has 3 nitrogen and oxygen atoms in total. The fraction of sp³-hybridized carbons (Fsp3) is 0.588. The van der Waals surface area contributed by atoms with Crippen LogP contribution < -0.4 is 10.1 Å². The second-order valence-corrected chi connectivity index (χ2v) is 5.80. The molecule has 3 heteroatoms. The Morgan fingerprint density at radius 2 is 2.25 bits per heavy atom. The smallest absolute Gasteiger partial charge is 0.122 e. The maximum absolute atomic E-state index is 9.46. The minimum Gasteiger partial charge on any atom is -0.490 e. The topological polar surface area (TPSA) is 45.0 Å². The van der Waals surface area contributed by atoms with Gasteiger partial charge >= 0.3 is 0 Å². The molecule has 0 bridgehead atoms. The van der Waals surface area contributed by atoms with E-state index in [0.717, 1.165) is 38.0 Å². The lowest BCUT2D eigenvalue weighted by Crippen LogP contribution is -2.42. The number of nitrogens with zero attached hydrogens (tertiary/aromatic N) is 1. The number of rotatable bonds is 5. The summed E-state index contributed by atoms with van der Waals surface area (Å²) in [6.45, 7) is 7.20. The predicted octanol–water partition coefficient (Wildman–Crippen LogP) is 3.50. The maximum atomic E-state index is 9.46. The van der Waals surface area contributed by atoms with E-state index in [9.17, 15) is 5.26 Å². The van der Waals surface area contributed by atoms with Gasteiger partial charge in [-0.3, -0.25) is 5.32 Å². The van der Waals surface area contributed by atoms with Crippen molar-refractivity contribution in [2.45, 2.75) is 58.1 Å². The van der Waals surface area contributed by atoms with E-state index in [0.29, 0.717) is 0 Å². The first-order chi connectivity index (χ1) is 9.60. The molecular weight excluding hydrogens is 248 g/mol. The molecule has 1 aromatic carbocycles. The third-order valence-electron chi connectivity index (χ3n) is 4.25. The predicted molar refractivity (Wildman–Crippen MR) is 80.8 cm³/mol. The lowest BCUT2D eigenvalue weighted by atomic mass is 9.99. The molecule has 1 aliphatic rings. The molecule has 0 spiro atoms. The van der Waals surface area contributed by atoms with Crippen molar-refractivity contribution in [2.24, 2.45) is 0 Å². The van der Waals surface area contributed by atoms with Gasteiger partial charge in [-0.25, -0.2) is 0 Å². The Bertz CT molecular complexity index is 506. The summed E-state index contributed by atoms with van der Waals surface area (Å²) in [5.74, 6) is 0.958. The summed E-state index contributed by atoms with van der Waals surface area (Å²) in [5, 5.41) is 12.9. The molecule has 0 radical (unpaired) electrons. The first-order valence-electron chi connectivity index (χ1n) is 7.49. The molecule has 2 rings (SSSR count). The molecule has 108 valence electrons. The van der Waals surface area contributed by atoms with Crippen molar-refractivity contribution in [1.82, 2.24) is 5.32 Å². The summed E-state index contributed by atoms with van der Waals surface area (Å²) < 4.78 is 6.13. The van der Waals surface area contributed by atoms with Gasteiger partial charge in [0, 0.05) is 6.42 Å². The van der Waals surface area contributed by atoms with Gasteiger partial charge in [-0.15, -0.1) is 0 Å². The summed E-state index contributed by atoms with van der Waals surface area (Å²) in [5.41, 5.74) is 2.05. The SMILES string of the molecule is CCCNC1(C#N)CCC(Oc2cccc(C)c2C)C1. The first kappa shape index (κ1) is 14.9. The van der Waals surface area contributed by atoms with Crippen LogP contribution in [0.5, 0.6) is 5.75 Å². The van der Waals surface area contributed by atoms with Crippen LogP contribution in [0.4, 0.5) is 0 Å². The molecule has 1 aliphatic carbocycles. The van der Waals surface area contributed by atoms with E-state index in [1.54, 1.807) is 0 Å². The highest BCUT2D eigenvalue weighted by Gasteiger charge is 2.40. The lowest BCUT2D eigenvalue weighted by Gasteiger charge is -2.23. The molecule has 2 atom stereocenters. The van der Waals surface area contributed by atoms with Gasteiger partial charge in [-0.05, 0) is 56.8 Å². The van der Waals surface area contributed by atoms with Crippen LogP contribution in [-0.4, -0.2) is 18.2 Å². The second kappa shape index (κ2) is 6.28. The van der Waals surface area contributed by atoms with Crippen LogP contribution in [-0.2, 0) is 0 Å². The second-order valence-electron chi connectivity index (χ2n) is 5.80. The van der Waals surface area contributed by atoms with Gasteiger partial charge in [0.2, 0.25) is 0 Å². The summed E-state index contributed by atoms with van der Waals surface area (Å²) in [6.07, 6.45) is 3.78. The third kappa shape index (κ3) is 3.13. The normalized spacial score (nSPS) is 25.4. The third-order valence-corrected chi connectivity index (χ3v) is 4.25. The molecule has 20 heavy (non-hydrogen) atoms.